The lowest BCUT2D eigenvalue weighted by molar-refractivity contribution is -0.121. The van der Waals surface area contributed by atoms with E-state index < -0.39 is 29.7 Å². The van der Waals surface area contributed by atoms with Gasteiger partial charge in [-0.3, -0.25) is 39.8 Å². The molecule has 5 aliphatic heterocycles. The van der Waals surface area contributed by atoms with Crippen molar-refractivity contribution < 1.29 is 23.6 Å². The fourth-order valence-corrected chi connectivity index (χ4v) is 9.55. The van der Waals surface area contributed by atoms with Gasteiger partial charge in [0.25, 0.3) is 11.8 Å². The zero-order valence-electron chi connectivity index (χ0n) is 30.2. The molecule has 3 saturated heterocycles. The van der Waals surface area contributed by atoms with E-state index in [-0.39, 0.29) is 30.0 Å². The molecule has 3 fully saturated rings. The number of imidazole rings is 1. The van der Waals surface area contributed by atoms with Gasteiger partial charge < -0.3 is 14.4 Å². The summed E-state index contributed by atoms with van der Waals surface area (Å²) in [5.41, 5.74) is 6.11. The SMILES string of the molecule is O=C1CCN(c2cncc(CN3C[C@H]4C[C@@H]3CN4c3ccc(-c4cc(F)c5c(c4)C(=O)N(C(C(=O)Nc4nccs4)c4ncn6c4CCC6)C5)cc3)c2)C(=O)N1. The molecule has 3 aromatic heterocycles. The van der Waals surface area contributed by atoms with Crippen LogP contribution in [0.3, 0.4) is 0 Å². The second-order valence-corrected chi connectivity index (χ2v) is 15.9. The topological polar surface area (TPSA) is 149 Å². The van der Waals surface area contributed by atoms with E-state index in [0.29, 0.717) is 47.2 Å². The van der Waals surface area contributed by atoms with E-state index in [1.54, 1.807) is 35.1 Å². The normalized spacial score (nSPS) is 20.8. The maximum atomic E-state index is 15.9. The summed E-state index contributed by atoms with van der Waals surface area (Å²) in [5.74, 6) is -1.60. The first kappa shape index (κ1) is 34.5. The Balaban J connectivity index is 0.832. The minimum Gasteiger partial charge on any atom is -0.366 e. The smallest absolute Gasteiger partial charge is 0.328 e. The van der Waals surface area contributed by atoms with E-state index in [1.807, 2.05) is 29.0 Å². The molecule has 3 atom stereocenters. The number of hydrogen-bond donors (Lipinski definition) is 2. The van der Waals surface area contributed by atoms with Crippen LogP contribution in [-0.4, -0.2) is 84.8 Å². The highest BCUT2D eigenvalue weighted by atomic mass is 32.1. The second kappa shape index (κ2) is 13.6. The van der Waals surface area contributed by atoms with Crippen molar-refractivity contribution in [1.29, 1.82) is 0 Å². The fraction of sp³-hybridized carbons (Fsp3) is 0.325. The second-order valence-electron chi connectivity index (χ2n) is 15.0. The average Bonchev–Trinajstić information content (AvgIpc) is 4.06. The predicted molar refractivity (Wildman–Crippen MR) is 205 cm³/mol. The molecule has 5 aromatic rings. The van der Waals surface area contributed by atoms with Crippen LogP contribution in [0.4, 0.5) is 25.7 Å². The molecule has 2 aromatic carbocycles. The molecule has 284 valence electrons. The maximum Gasteiger partial charge on any atom is 0.328 e. The van der Waals surface area contributed by atoms with E-state index in [0.717, 1.165) is 61.4 Å². The number of pyridine rings is 1. The number of thiazole rings is 1. The summed E-state index contributed by atoms with van der Waals surface area (Å²) in [7, 11) is 0. The summed E-state index contributed by atoms with van der Waals surface area (Å²) >= 11 is 1.28. The van der Waals surface area contributed by atoms with Crippen molar-refractivity contribution in [2.45, 2.75) is 63.4 Å². The molecule has 0 aliphatic carbocycles. The Morgan fingerprint density at radius 3 is 2.64 bits per heavy atom. The van der Waals surface area contributed by atoms with Gasteiger partial charge in [0, 0.05) is 91.5 Å². The number of carbonyl (C=O) groups excluding carboxylic acids is 4. The van der Waals surface area contributed by atoms with Crippen molar-refractivity contribution in [3.63, 3.8) is 0 Å². The van der Waals surface area contributed by atoms with Crippen molar-refractivity contribution in [1.82, 2.24) is 34.6 Å². The van der Waals surface area contributed by atoms with Gasteiger partial charge in [0.05, 0.1) is 30.5 Å². The number of hydrogen-bond acceptors (Lipinski definition) is 10. The Hall–Kier alpha value is -6.00. The van der Waals surface area contributed by atoms with Gasteiger partial charge in [0.15, 0.2) is 11.2 Å². The minimum atomic E-state index is -1.04. The molecular weight excluding hydrogens is 736 g/mol. The highest BCUT2D eigenvalue weighted by Crippen LogP contribution is 2.40. The Labute approximate surface area is 325 Å². The van der Waals surface area contributed by atoms with Crippen LogP contribution in [0.2, 0.25) is 0 Å². The monoisotopic (exact) mass is 772 g/mol. The van der Waals surface area contributed by atoms with Crippen LogP contribution in [0.5, 0.6) is 0 Å². The molecule has 0 radical (unpaired) electrons. The molecule has 5 aliphatic rings. The zero-order valence-corrected chi connectivity index (χ0v) is 31.0. The molecule has 1 unspecified atom stereocenters. The number of urea groups is 1. The highest BCUT2D eigenvalue weighted by molar-refractivity contribution is 7.13. The molecule has 8 heterocycles. The van der Waals surface area contributed by atoms with Crippen LogP contribution >= 0.6 is 11.3 Å². The standard InChI is InChI=1S/C40H37FN10O4S/c41-32-14-25(13-30-31(32)21-51(38(30)54)36(37(53)46-39-43-8-11-56-39)35-33-2-1-9-47(33)22-44-35)24-3-5-26(6-4-24)50-20-28-15-29(50)19-48(28)18-23-12-27(17-42-16-23)49-10-7-34(52)45-40(49)55/h3-6,8,11-14,16-17,22,28-29,36H,1-2,7,9-10,15,18-21H2,(H,43,46,53)(H,45,52,55)/t28-,29-,36?/m1/s1. The molecule has 0 saturated carbocycles. The first-order chi connectivity index (χ1) is 27.3. The molecular formula is C40H37FN10O4S. The number of imide groups is 1. The third-order valence-corrected chi connectivity index (χ3v) is 12.4. The average molecular weight is 773 g/mol. The first-order valence-electron chi connectivity index (χ1n) is 18.8. The number of nitrogens with one attached hydrogen (secondary N) is 2. The van der Waals surface area contributed by atoms with Crippen LogP contribution in [0, 0.1) is 5.82 Å². The number of aromatic nitrogens is 4. The summed E-state index contributed by atoms with van der Waals surface area (Å²) in [6.45, 7) is 3.55. The number of nitrogens with zero attached hydrogens (tertiary/aromatic N) is 8. The number of halogens is 1. The molecule has 2 bridgehead atoms. The molecule has 0 spiro atoms. The third kappa shape index (κ3) is 5.99. The number of likely N-dealkylation sites (tertiary alicyclic amines) is 1. The quantitative estimate of drug-likeness (QED) is 0.217. The number of amides is 5. The fourth-order valence-electron chi connectivity index (χ4n) is 9.02. The van der Waals surface area contributed by atoms with Gasteiger partial charge in [-0.05, 0) is 66.3 Å². The molecule has 16 heteroatoms. The van der Waals surface area contributed by atoms with Crippen LogP contribution in [0.25, 0.3) is 11.1 Å². The van der Waals surface area contributed by atoms with Gasteiger partial charge in [-0.2, -0.15) is 0 Å². The van der Waals surface area contributed by atoms with Crippen LogP contribution in [-0.2, 0) is 35.6 Å². The number of piperazine rings is 1. The van der Waals surface area contributed by atoms with Crippen molar-refractivity contribution >= 4 is 51.6 Å². The number of aryl methyl sites for hydroxylation is 1. The lowest BCUT2D eigenvalue weighted by Gasteiger charge is -2.36. The van der Waals surface area contributed by atoms with Crippen molar-refractivity contribution in [2.24, 2.45) is 0 Å². The van der Waals surface area contributed by atoms with Crippen molar-refractivity contribution in [3.8, 4) is 11.1 Å². The number of rotatable bonds is 9. The molecule has 10 rings (SSSR count). The Morgan fingerprint density at radius 1 is 0.982 bits per heavy atom. The number of fused-ring (bicyclic) bond motifs is 4. The summed E-state index contributed by atoms with van der Waals surface area (Å²) in [4.78, 5) is 72.9. The number of carbonyl (C=O) groups is 4. The Kier molecular flexibility index (Phi) is 8.40. The summed E-state index contributed by atoms with van der Waals surface area (Å²) in [6.07, 6.45) is 9.76. The van der Waals surface area contributed by atoms with E-state index >= 15 is 4.39 Å². The lowest BCUT2D eigenvalue weighted by Crippen LogP contribution is -2.49. The lowest BCUT2D eigenvalue weighted by atomic mass is 9.99. The van der Waals surface area contributed by atoms with Crippen LogP contribution < -0.4 is 20.4 Å². The first-order valence-corrected chi connectivity index (χ1v) is 19.7. The van der Waals surface area contributed by atoms with Crippen LogP contribution in [0.15, 0.2) is 72.8 Å². The largest absolute Gasteiger partial charge is 0.366 e. The van der Waals surface area contributed by atoms with Gasteiger partial charge in [0.2, 0.25) is 5.91 Å². The van der Waals surface area contributed by atoms with E-state index in [9.17, 15) is 19.2 Å². The summed E-state index contributed by atoms with van der Waals surface area (Å²) in [6, 6.07) is 12.5. The van der Waals surface area contributed by atoms with Gasteiger partial charge in [-0.1, -0.05) is 12.1 Å². The van der Waals surface area contributed by atoms with Gasteiger partial charge in [0.1, 0.15) is 5.82 Å². The van der Waals surface area contributed by atoms with Crippen molar-refractivity contribution in [2.75, 3.05) is 34.8 Å². The third-order valence-electron chi connectivity index (χ3n) is 11.7. The minimum absolute atomic E-state index is 0.0459. The molecule has 2 N–H and O–H groups in total. The van der Waals surface area contributed by atoms with E-state index in [1.165, 1.54) is 22.3 Å². The Morgan fingerprint density at radius 2 is 1.86 bits per heavy atom. The molecule has 56 heavy (non-hydrogen) atoms. The van der Waals surface area contributed by atoms with E-state index in [2.05, 4.69) is 47.5 Å². The van der Waals surface area contributed by atoms with Crippen molar-refractivity contribution in [3.05, 3.63) is 107 Å². The molecule has 14 nitrogen and oxygen atoms in total. The molecule has 5 amide bonds. The summed E-state index contributed by atoms with van der Waals surface area (Å²) in [5, 5.41) is 7.39. The van der Waals surface area contributed by atoms with Gasteiger partial charge >= 0.3 is 6.03 Å². The maximum absolute atomic E-state index is 15.9. The predicted octanol–water partition coefficient (Wildman–Crippen LogP) is 4.73. The summed E-state index contributed by atoms with van der Waals surface area (Å²) < 4.78 is 17.9. The zero-order chi connectivity index (χ0) is 38.1. The number of anilines is 3. The highest BCUT2D eigenvalue weighted by Gasteiger charge is 2.44. The van der Waals surface area contributed by atoms with E-state index in [4.69, 9.17) is 0 Å². The van der Waals surface area contributed by atoms with Gasteiger partial charge in [-0.15, -0.1) is 11.3 Å². The van der Waals surface area contributed by atoms with Gasteiger partial charge in [-0.25, -0.2) is 19.2 Å². The number of benzene rings is 2. The Bertz CT molecular complexity index is 2400. The van der Waals surface area contributed by atoms with Crippen LogP contribution in [0.1, 0.15) is 58.2 Å².